The molecular formula is C28H35N3O3. The number of H-pyrrole nitrogens is 1. The number of hydrogen-bond acceptors (Lipinski definition) is 3. The summed E-state index contributed by atoms with van der Waals surface area (Å²) in [6, 6.07) is 5.67. The third-order valence-electron chi connectivity index (χ3n) is 7.69. The Morgan fingerprint density at radius 2 is 1.97 bits per heavy atom. The summed E-state index contributed by atoms with van der Waals surface area (Å²) in [7, 11) is 0. The molecule has 1 saturated carbocycles. The lowest BCUT2D eigenvalue weighted by molar-refractivity contribution is -0.120. The summed E-state index contributed by atoms with van der Waals surface area (Å²) in [6.45, 7) is 8.66. The normalized spacial score (nSPS) is 19.5. The Hall–Kier alpha value is -2.89. The number of rotatable bonds is 6. The Labute approximate surface area is 201 Å². The van der Waals surface area contributed by atoms with Gasteiger partial charge in [0.1, 0.15) is 11.7 Å². The minimum absolute atomic E-state index is 0.0375. The molecule has 1 aliphatic heterocycles. The first kappa shape index (κ1) is 22.9. The molecule has 1 aromatic carbocycles. The average Bonchev–Trinajstić information content (AvgIpc) is 3.41. The van der Waals surface area contributed by atoms with E-state index < -0.39 is 6.04 Å². The molecule has 1 aromatic heterocycles. The molecule has 5 rings (SSSR count). The van der Waals surface area contributed by atoms with Crippen LogP contribution in [-0.4, -0.2) is 35.2 Å². The molecule has 34 heavy (non-hydrogen) atoms. The molecule has 180 valence electrons. The monoisotopic (exact) mass is 461 g/mol. The first-order valence-corrected chi connectivity index (χ1v) is 12.6. The van der Waals surface area contributed by atoms with Crippen LogP contribution in [0, 0.1) is 25.2 Å². The lowest BCUT2D eigenvalue weighted by Gasteiger charge is -2.28. The van der Waals surface area contributed by atoms with Crippen molar-refractivity contribution >= 4 is 23.3 Å². The van der Waals surface area contributed by atoms with Gasteiger partial charge in [-0.05, 0) is 73.6 Å². The van der Waals surface area contributed by atoms with Gasteiger partial charge in [0.05, 0.1) is 0 Å². The molecule has 0 bridgehead atoms. The van der Waals surface area contributed by atoms with Crippen molar-refractivity contribution in [3.05, 3.63) is 51.8 Å². The predicted octanol–water partition coefficient (Wildman–Crippen LogP) is 4.66. The van der Waals surface area contributed by atoms with Gasteiger partial charge < -0.3 is 15.2 Å². The van der Waals surface area contributed by atoms with Gasteiger partial charge in [0, 0.05) is 29.9 Å². The molecule has 2 aromatic rings. The Balaban J connectivity index is 1.39. The van der Waals surface area contributed by atoms with Crippen LogP contribution >= 0.6 is 0 Å². The van der Waals surface area contributed by atoms with E-state index in [4.69, 9.17) is 0 Å². The number of carbonyl (C=O) groups excluding carboxylic acids is 3. The maximum Gasteiger partial charge on any atom is 0.268 e. The summed E-state index contributed by atoms with van der Waals surface area (Å²) < 4.78 is 0. The van der Waals surface area contributed by atoms with E-state index in [2.05, 4.69) is 42.3 Å². The number of fused-ring (bicyclic) bond motifs is 2. The number of ketones is 1. The van der Waals surface area contributed by atoms with Crippen LogP contribution in [0.5, 0.6) is 0 Å². The Bertz CT molecular complexity index is 1170. The number of anilines is 1. The molecule has 1 unspecified atom stereocenters. The summed E-state index contributed by atoms with van der Waals surface area (Å²) in [5.74, 6) is 0.420. The van der Waals surface area contributed by atoms with Crippen LogP contribution in [0.25, 0.3) is 0 Å². The van der Waals surface area contributed by atoms with Gasteiger partial charge in [-0.15, -0.1) is 0 Å². The van der Waals surface area contributed by atoms with Gasteiger partial charge in [0.2, 0.25) is 5.91 Å². The molecule has 1 atom stereocenters. The second-order valence-electron chi connectivity index (χ2n) is 11.3. The Morgan fingerprint density at radius 1 is 1.21 bits per heavy atom. The highest BCUT2D eigenvalue weighted by Gasteiger charge is 2.37. The van der Waals surface area contributed by atoms with Crippen molar-refractivity contribution in [1.29, 1.82) is 0 Å². The molecule has 0 radical (unpaired) electrons. The fraction of sp³-hybridized carbons (Fsp3) is 0.536. The molecule has 0 saturated heterocycles. The van der Waals surface area contributed by atoms with Gasteiger partial charge in [0.25, 0.3) is 5.91 Å². The molecule has 2 aliphatic carbocycles. The highest BCUT2D eigenvalue weighted by atomic mass is 16.2. The van der Waals surface area contributed by atoms with Gasteiger partial charge in [-0.3, -0.25) is 14.4 Å². The number of amides is 2. The molecule has 1 fully saturated rings. The van der Waals surface area contributed by atoms with E-state index in [1.54, 1.807) is 0 Å². The minimum Gasteiger partial charge on any atom is -0.354 e. The van der Waals surface area contributed by atoms with Crippen LogP contribution in [0.3, 0.4) is 0 Å². The molecule has 2 heterocycles. The number of aromatic nitrogens is 1. The lowest BCUT2D eigenvalue weighted by Crippen LogP contribution is -2.48. The summed E-state index contributed by atoms with van der Waals surface area (Å²) in [5, 5.41) is 3.05. The number of Topliss-reactive ketones (excluding diaryl/α,β-unsaturated/α-hetero) is 1. The van der Waals surface area contributed by atoms with E-state index >= 15 is 0 Å². The van der Waals surface area contributed by atoms with Gasteiger partial charge >= 0.3 is 0 Å². The average molecular weight is 462 g/mol. The van der Waals surface area contributed by atoms with E-state index in [9.17, 15) is 14.4 Å². The van der Waals surface area contributed by atoms with Gasteiger partial charge in [-0.2, -0.15) is 0 Å². The quantitative estimate of drug-likeness (QED) is 0.656. The number of aryl methyl sites for hydroxylation is 1. The molecule has 3 aliphatic rings. The maximum absolute atomic E-state index is 13.7. The van der Waals surface area contributed by atoms with Crippen molar-refractivity contribution in [2.75, 3.05) is 11.4 Å². The van der Waals surface area contributed by atoms with E-state index in [0.29, 0.717) is 42.1 Å². The smallest absolute Gasteiger partial charge is 0.268 e. The zero-order valence-electron chi connectivity index (χ0n) is 20.7. The number of nitrogens with zero attached hydrogens (tertiary/aromatic N) is 1. The van der Waals surface area contributed by atoms with Crippen LogP contribution in [0.1, 0.15) is 89.2 Å². The SMILES string of the molecule is Cc1ccc2c(c1)N(C(=O)C(CCC1CC1)NC(=O)c1[nH]c3c(c1C)C(=O)CC(C)(C)C3)CC2. The maximum atomic E-state index is 13.7. The summed E-state index contributed by atoms with van der Waals surface area (Å²) in [6.07, 6.45) is 6.05. The third kappa shape index (κ3) is 4.30. The summed E-state index contributed by atoms with van der Waals surface area (Å²) in [4.78, 5) is 45.0. The van der Waals surface area contributed by atoms with Crippen LogP contribution in [0.2, 0.25) is 0 Å². The van der Waals surface area contributed by atoms with E-state index in [0.717, 1.165) is 36.2 Å². The number of benzene rings is 1. The largest absolute Gasteiger partial charge is 0.354 e. The standard InChI is InChI=1S/C28H35N3O3/c1-16-5-9-19-11-12-31(22(19)13-16)27(34)20(10-8-18-6-7-18)30-26(33)25-17(2)24-21(29-25)14-28(3,4)15-23(24)32/h5,9,13,18,20,29H,6-8,10-12,14-15H2,1-4H3,(H,30,33). The van der Waals surface area contributed by atoms with Crippen LogP contribution in [-0.2, 0) is 17.6 Å². The van der Waals surface area contributed by atoms with Gasteiger partial charge in [-0.25, -0.2) is 0 Å². The van der Waals surface area contributed by atoms with E-state index in [-0.39, 0.29) is 23.0 Å². The fourth-order valence-electron chi connectivity index (χ4n) is 5.66. The van der Waals surface area contributed by atoms with Crippen LogP contribution in [0.15, 0.2) is 18.2 Å². The zero-order chi connectivity index (χ0) is 24.2. The van der Waals surface area contributed by atoms with Crippen molar-refractivity contribution in [2.45, 2.75) is 78.7 Å². The van der Waals surface area contributed by atoms with Gasteiger partial charge in [-0.1, -0.05) is 38.8 Å². The van der Waals surface area contributed by atoms with Crippen LogP contribution in [0.4, 0.5) is 5.69 Å². The number of carbonyl (C=O) groups is 3. The topological polar surface area (TPSA) is 82.3 Å². The second-order valence-corrected chi connectivity index (χ2v) is 11.3. The number of nitrogens with one attached hydrogen (secondary N) is 2. The zero-order valence-corrected chi connectivity index (χ0v) is 20.7. The first-order valence-electron chi connectivity index (χ1n) is 12.6. The molecule has 6 heteroatoms. The second kappa shape index (κ2) is 8.40. The van der Waals surface area contributed by atoms with Crippen molar-refractivity contribution < 1.29 is 14.4 Å². The molecule has 2 N–H and O–H groups in total. The number of aromatic amines is 1. The van der Waals surface area contributed by atoms with Crippen molar-refractivity contribution in [1.82, 2.24) is 10.3 Å². The van der Waals surface area contributed by atoms with Crippen molar-refractivity contribution in [2.24, 2.45) is 11.3 Å². The Morgan fingerprint density at radius 3 is 2.71 bits per heavy atom. The predicted molar refractivity (Wildman–Crippen MR) is 132 cm³/mol. The summed E-state index contributed by atoms with van der Waals surface area (Å²) >= 11 is 0. The van der Waals surface area contributed by atoms with Crippen molar-refractivity contribution in [3.63, 3.8) is 0 Å². The lowest BCUT2D eigenvalue weighted by atomic mass is 9.75. The first-order chi connectivity index (χ1) is 16.1. The number of hydrogen-bond donors (Lipinski definition) is 2. The fourth-order valence-corrected chi connectivity index (χ4v) is 5.66. The Kier molecular flexibility index (Phi) is 5.65. The van der Waals surface area contributed by atoms with E-state index in [1.807, 2.05) is 18.7 Å². The van der Waals surface area contributed by atoms with Crippen molar-refractivity contribution in [3.8, 4) is 0 Å². The van der Waals surface area contributed by atoms with E-state index in [1.165, 1.54) is 18.4 Å². The molecular weight excluding hydrogens is 426 g/mol. The summed E-state index contributed by atoms with van der Waals surface area (Å²) in [5.41, 5.74) is 5.76. The highest BCUT2D eigenvalue weighted by molar-refractivity contribution is 6.06. The third-order valence-corrected chi connectivity index (χ3v) is 7.69. The molecule has 0 spiro atoms. The highest BCUT2D eigenvalue weighted by Crippen LogP contribution is 2.37. The molecule has 2 amide bonds. The molecule has 6 nitrogen and oxygen atoms in total. The van der Waals surface area contributed by atoms with Gasteiger partial charge in [0.15, 0.2) is 5.78 Å². The van der Waals surface area contributed by atoms with Crippen LogP contribution < -0.4 is 10.2 Å². The minimum atomic E-state index is -0.577.